The predicted octanol–water partition coefficient (Wildman–Crippen LogP) is 1.45. The molecule has 0 saturated heterocycles. The molecule has 2 rings (SSSR count). The number of hydrogen-bond acceptors (Lipinski definition) is 6. The Balaban J connectivity index is 2.10. The van der Waals surface area contributed by atoms with Crippen LogP contribution in [-0.2, 0) is 18.9 Å². The van der Waals surface area contributed by atoms with Gasteiger partial charge in [0.25, 0.3) is 0 Å². The number of aryl methyl sites for hydroxylation is 1. The fourth-order valence-corrected chi connectivity index (χ4v) is 1.83. The summed E-state index contributed by atoms with van der Waals surface area (Å²) >= 11 is 0. The van der Waals surface area contributed by atoms with Crippen molar-refractivity contribution >= 4 is 11.6 Å². The van der Waals surface area contributed by atoms with Crippen molar-refractivity contribution in [3.05, 3.63) is 23.5 Å². The van der Waals surface area contributed by atoms with Gasteiger partial charge in [-0.05, 0) is 6.92 Å². The Hall–Kier alpha value is -2.18. The highest BCUT2D eigenvalue weighted by atomic mass is 15.3. The second kappa shape index (κ2) is 5.67. The minimum atomic E-state index is -0.138. The van der Waals surface area contributed by atoms with E-state index < -0.39 is 0 Å². The molecule has 0 aliphatic heterocycles. The van der Waals surface area contributed by atoms with Gasteiger partial charge in [-0.25, -0.2) is 15.0 Å². The molecule has 0 amide bonds. The SMILES string of the molecule is Cc1c(N)nc(C(C)(C)C)nc1NCCc1ncn(C)n1. The second-order valence-electron chi connectivity index (χ2n) is 6.17. The normalized spacial score (nSPS) is 11.7. The Bertz CT molecular complexity index is 625. The van der Waals surface area contributed by atoms with E-state index in [0.717, 1.165) is 29.5 Å². The molecular weight excluding hydrogens is 266 g/mol. The molecule has 2 aromatic rings. The Kier molecular flexibility index (Phi) is 4.11. The van der Waals surface area contributed by atoms with Crippen LogP contribution in [0.25, 0.3) is 0 Å². The van der Waals surface area contributed by atoms with Crippen LogP contribution < -0.4 is 11.1 Å². The van der Waals surface area contributed by atoms with Gasteiger partial charge < -0.3 is 11.1 Å². The topological polar surface area (TPSA) is 94.5 Å². The van der Waals surface area contributed by atoms with E-state index in [1.807, 2.05) is 14.0 Å². The number of hydrogen-bond donors (Lipinski definition) is 2. The third kappa shape index (κ3) is 3.68. The van der Waals surface area contributed by atoms with Crippen molar-refractivity contribution in [2.24, 2.45) is 7.05 Å². The fourth-order valence-electron chi connectivity index (χ4n) is 1.83. The molecule has 0 radical (unpaired) electrons. The van der Waals surface area contributed by atoms with Gasteiger partial charge in [-0.2, -0.15) is 5.10 Å². The highest BCUT2D eigenvalue weighted by molar-refractivity contribution is 5.55. The zero-order valence-corrected chi connectivity index (χ0v) is 13.3. The predicted molar refractivity (Wildman–Crippen MR) is 83.1 cm³/mol. The summed E-state index contributed by atoms with van der Waals surface area (Å²) in [6.45, 7) is 8.82. The molecule has 7 nitrogen and oxygen atoms in total. The summed E-state index contributed by atoms with van der Waals surface area (Å²) in [4.78, 5) is 13.2. The molecule has 21 heavy (non-hydrogen) atoms. The van der Waals surface area contributed by atoms with Crippen LogP contribution in [0.3, 0.4) is 0 Å². The van der Waals surface area contributed by atoms with Gasteiger partial charge in [0.1, 0.15) is 23.8 Å². The third-order valence-corrected chi connectivity index (χ3v) is 3.14. The average molecular weight is 289 g/mol. The summed E-state index contributed by atoms with van der Waals surface area (Å²) in [5.74, 6) is 2.85. The number of anilines is 2. The lowest BCUT2D eigenvalue weighted by molar-refractivity contribution is 0.546. The van der Waals surface area contributed by atoms with Crippen molar-refractivity contribution in [2.75, 3.05) is 17.6 Å². The molecule has 0 spiro atoms. The van der Waals surface area contributed by atoms with Crippen LogP contribution in [0.2, 0.25) is 0 Å². The van der Waals surface area contributed by atoms with Gasteiger partial charge in [0.05, 0.1) is 0 Å². The molecule has 0 saturated carbocycles. The second-order valence-corrected chi connectivity index (χ2v) is 6.17. The van der Waals surface area contributed by atoms with Crippen molar-refractivity contribution in [1.82, 2.24) is 24.7 Å². The Morgan fingerprint density at radius 1 is 1.29 bits per heavy atom. The Labute approximate surface area is 125 Å². The summed E-state index contributed by atoms with van der Waals surface area (Å²) in [6, 6.07) is 0. The maximum Gasteiger partial charge on any atom is 0.152 e. The quantitative estimate of drug-likeness (QED) is 0.884. The monoisotopic (exact) mass is 289 g/mol. The van der Waals surface area contributed by atoms with Crippen LogP contribution in [-0.4, -0.2) is 31.3 Å². The van der Waals surface area contributed by atoms with E-state index in [9.17, 15) is 0 Å². The molecule has 0 bridgehead atoms. The first-order valence-corrected chi connectivity index (χ1v) is 7.00. The van der Waals surface area contributed by atoms with Crippen molar-refractivity contribution in [2.45, 2.75) is 39.5 Å². The van der Waals surface area contributed by atoms with Crippen LogP contribution in [0.15, 0.2) is 6.33 Å². The van der Waals surface area contributed by atoms with Crippen LogP contribution in [0.5, 0.6) is 0 Å². The van der Waals surface area contributed by atoms with Gasteiger partial charge >= 0.3 is 0 Å². The highest BCUT2D eigenvalue weighted by Gasteiger charge is 2.20. The first-order chi connectivity index (χ1) is 9.77. The number of nitrogens with one attached hydrogen (secondary N) is 1. The summed E-state index contributed by atoms with van der Waals surface area (Å²) in [7, 11) is 1.86. The standard InChI is InChI=1S/C14H23N7/c1-9-11(15)18-13(14(2,3)4)19-12(9)16-7-6-10-17-8-21(5)20-10/h8H,6-7H2,1-5H3,(H3,15,16,18,19). The van der Waals surface area contributed by atoms with Gasteiger partial charge in [0.2, 0.25) is 0 Å². The van der Waals surface area contributed by atoms with E-state index in [4.69, 9.17) is 5.73 Å². The van der Waals surface area contributed by atoms with E-state index >= 15 is 0 Å². The smallest absolute Gasteiger partial charge is 0.152 e. The molecule has 114 valence electrons. The van der Waals surface area contributed by atoms with E-state index in [1.165, 1.54) is 0 Å². The molecule has 3 N–H and O–H groups in total. The average Bonchev–Trinajstić information content (AvgIpc) is 2.79. The molecule has 2 aromatic heterocycles. The van der Waals surface area contributed by atoms with E-state index in [2.05, 4.69) is 46.1 Å². The van der Waals surface area contributed by atoms with E-state index in [1.54, 1.807) is 11.0 Å². The number of rotatable bonds is 4. The van der Waals surface area contributed by atoms with Gasteiger partial charge in [-0.1, -0.05) is 20.8 Å². The first kappa shape index (κ1) is 15.2. The fraction of sp³-hybridized carbons (Fsp3) is 0.571. The van der Waals surface area contributed by atoms with E-state index in [0.29, 0.717) is 12.4 Å². The lowest BCUT2D eigenvalue weighted by Gasteiger charge is -2.19. The molecular formula is C14H23N7. The van der Waals surface area contributed by atoms with Crippen LogP contribution in [0.4, 0.5) is 11.6 Å². The highest BCUT2D eigenvalue weighted by Crippen LogP contribution is 2.24. The molecule has 2 heterocycles. The molecule has 0 unspecified atom stereocenters. The zero-order chi connectivity index (χ0) is 15.6. The Morgan fingerprint density at radius 2 is 2.00 bits per heavy atom. The molecule has 7 heteroatoms. The van der Waals surface area contributed by atoms with E-state index in [-0.39, 0.29) is 5.41 Å². The lowest BCUT2D eigenvalue weighted by Crippen LogP contribution is -2.20. The number of nitrogen functional groups attached to an aromatic ring is 1. The van der Waals surface area contributed by atoms with Crippen LogP contribution in [0, 0.1) is 6.92 Å². The lowest BCUT2D eigenvalue weighted by atomic mass is 9.95. The summed E-state index contributed by atoms with van der Waals surface area (Å²) in [5, 5.41) is 7.55. The Morgan fingerprint density at radius 3 is 2.57 bits per heavy atom. The van der Waals surface area contributed by atoms with Gasteiger partial charge in [-0.15, -0.1) is 0 Å². The third-order valence-electron chi connectivity index (χ3n) is 3.14. The molecule has 0 aromatic carbocycles. The van der Waals surface area contributed by atoms with Crippen molar-refractivity contribution in [3.8, 4) is 0 Å². The minimum Gasteiger partial charge on any atom is -0.383 e. The largest absolute Gasteiger partial charge is 0.383 e. The van der Waals surface area contributed by atoms with Gasteiger partial charge in [-0.3, -0.25) is 4.68 Å². The van der Waals surface area contributed by atoms with Gasteiger partial charge in [0, 0.05) is 31.0 Å². The molecule has 0 aliphatic carbocycles. The zero-order valence-electron chi connectivity index (χ0n) is 13.3. The van der Waals surface area contributed by atoms with Crippen molar-refractivity contribution in [1.29, 1.82) is 0 Å². The van der Waals surface area contributed by atoms with Crippen molar-refractivity contribution in [3.63, 3.8) is 0 Å². The van der Waals surface area contributed by atoms with Crippen molar-refractivity contribution < 1.29 is 0 Å². The maximum atomic E-state index is 5.99. The summed E-state index contributed by atoms with van der Waals surface area (Å²) in [6.07, 6.45) is 2.43. The van der Waals surface area contributed by atoms with Crippen LogP contribution >= 0.6 is 0 Å². The first-order valence-electron chi connectivity index (χ1n) is 7.00. The summed E-state index contributed by atoms with van der Waals surface area (Å²) in [5.41, 5.74) is 6.72. The molecule has 0 aliphatic rings. The summed E-state index contributed by atoms with van der Waals surface area (Å²) < 4.78 is 1.70. The number of nitrogens with two attached hydrogens (primary N) is 1. The number of nitrogens with zero attached hydrogens (tertiary/aromatic N) is 5. The molecule has 0 atom stereocenters. The van der Waals surface area contributed by atoms with Crippen LogP contribution in [0.1, 0.15) is 38.0 Å². The molecule has 0 fully saturated rings. The minimum absolute atomic E-state index is 0.138. The maximum absolute atomic E-state index is 5.99. The number of aromatic nitrogens is 5. The van der Waals surface area contributed by atoms with Gasteiger partial charge in [0.15, 0.2) is 5.82 Å².